The Balaban J connectivity index is 1.54. The number of hydrogen-bond donors (Lipinski definition) is 2. The second-order valence-electron chi connectivity index (χ2n) is 6.10. The van der Waals surface area contributed by atoms with Gasteiger partial charge in [0.25, 0.3) is 0 Å². The number of carbonyl (C=O) groups is 2. The molecule has 1 aromatic rings. The maximum atomic E-state index is 12.0. The van der Waals surface area contributed by atoms with Gasteiger partial charge in [0.1, 0.15) is 5.75 Å². The average molecular weight is 288 g/mol. The SMILES string of the molecule is C[C@@H]1C[C@@H]1N1C[C@H](NC(=O)Cc2ccccc2O)CC1=O. The zero-order chi connectivity index (χ0) is 15.0. The second kappa shape index (κ2) is 5.39. The summed E-state index contributed by atoms with van der Waals surface area (Å²) in [5.41, 5.74) is 0.604. The Morgan fingerprint density at radius 1 is 1.43 bits per heavy atom. The van der Waals surface area contributed by atoms with Crippen LogP contribution in [0.1, 0.15) is 25.3 Å². The minimum Gasteiger partial charge on any atom is -0.508 e. The van der Waals surface area contributed by atoms with E-state index in [1.807, 2.05) is 4.90 Å². The molecule has 3 rings (SSSR count). The van der Waals surface area contributed by atoms with Gasteiger partial charge in [0.2, 0.25) is 11.8 Å². The van der Waals surface area contributed by atoms with Crippen molar-refractivity contribution >= 4 is 11.8 Å². The number of para-hydroxylation sites is 1. The van der Waals surface area contributed by atoms with Gasteiger partial charge >= 0.3 is 0 Å². The van der Waals surface area contributed by atoms with Crippen LogP contribution in [0.5, 0.6) is 5.75 Å². The van der Waals surface area contributed by atoms with Gasteiger partial charge in [-0.25, -0.2) is 0 Å². The molecule has 1 heterocycles. The lowest BCUT2D eigenvalue weighted by Gasteiger charge is -2.17. The van der Waals surface area contributed by atoms with Crippen molar-refractivity contribution < 1.29 is 14.7 Å². The Morgan fingerprint density at radius 2 is 2.14 bits per heavy atom. The number of amides is 2. The molecule has 0 radical (unpaired) electrons. The molecule has 0 bridgehead atoms. The Bertz CT molecular complexity index is 572. The van der Waals surface area contributed by atoms with Crippen LogP contribution in [0.3, 0.4) is 0 Å². The standard InChI is InChI=1S/C16H20N2O3/c1-10-6-13(10)18-9-12(8-16(18)21)17-15(20)7-11-4-2-3-5-14(11)19/h2-5,10,12-13,19H,6-9H2,1H3,(H,17,20)/t10-,12-,13+/m1/s1. The molecule has 1 aliphatic carbocycles. The van der Waals surface area contributed by atoms with Gasteiger partial charge in [0.15, 0.2) is 0 Å². The molecule has 112 valence electrons. The van der Waals surface area contributed by atoms with Gasteiger partial charge in [0.05, 0.1) is 12.5 Å². The number of aromatic hydroxyl groups is 1. The van der Waals surface area contributed by atoms with Crippen molar-refractivity contribution in [3.8, 4) is 5.75 Å². The lowest BCUT2D eigenvalue weighted by molar-refractivity contribution is -0.128. The third-order valence-corrected chi connectivity index (χ3v) is 4.33. The van der Waals surface area contributed by atoms with E-state index in [4.69, 9.17) is 0 Å². The van der Waals surface area contributed by atoms with Gasteiger partial charge < -0.3 is 15.3 Å². The van der Waals surface area contributed by atoms with Crippen LogP contribution in [-0.2, 0) is 16.0 Å². The highest BCUT2D eigenvalue weighted by Gasteiger charge is 2.44. The molecule has 3 atom stereocenters. The summed E-state index contributed by atoms with van der Waals surface area (Å²) in [4.78, 5) is 25.9. The summed E-state index contributed by atoms with van der Waals surface area (Å²) < 4.78 is 0. The van der Waals surface area contributed by atoms with E-state index in [1.54, 1.807) is 24.3 Å². The minimum absolute atomic E-state index is 0.108. The van der Waals surface area contributed by atoms with E-state index >= 15 is 0 Å². The first-order valence-electron chi connectivity index (χ1n) is 7.40. The number of phenols is 1. The molecule has 2 aliphatic rings. The fraction of sp³-hybridized carbons (Fsp3) is 0.500. The molecule has 5 nitrogen and oxygen atoms in total. The summed E-state index contributed by atoms with van der Waals surface area (Å²) in [6, 6.07) is 7.07. The Hall–Kier alpha value is -2.04. The number of nitrogens with zero attached hydrogens (tertiary/aromatic N) is 1. The smallest absolute Gasteiger partial charge is 0.225 e. The molecule has 1 aliphatic heterocycles. The van der Waals surface area contributed by atoms with Crippen molar-refractivity contribution in [3.63, 3.8) is 0 Å². The number of phenolic OH excluding ortho intramolecular Hbond substituents is 1. The monoisotopic (exact) mass is 288 g/mol. The molecule has 0 unspecified atom stereocenters. The molecule has 2 fully saturated rings. The van der Waals surface area contributed by atoms with E-state index < -0.39 is 0 Å². The maximum absolute atomic E-state index is 12.0. The molecule has 1 saturated heterocycles. The summed E-state index contributed by atoms with van der Waals surface area (Å²) in [6.07, 6.45) is 1.59. The first-order chi connectivity index (χ1) is 10.0. The minimum atomic E-state index is -0.153. The first-order valence-corrected chi connectivity index (χ1v) is 7.40. The molecule has 1 saturated carbocycles. The first kappa shape index (κ1) is 13.9. The number of benzene rings is 1. The van der Waals surface area contributed by atoms with E-state index in [0.29, 0.717) is 30.5 Å². The summed E-state index contributed by atoms with van der Waals surface area (Å²) in [7, 11) is 0. The van der Waals surface area contributed by atoms with Crippen LogP contribution >= 0.6 is 0 Å². The van der Waals surface area contributed by atoms with E-state index in [9.17, 15) is 14.7 Å². The van der Waals surface area contributed by atoms with Crippen LogP contribution in [0.2, 0.25) is 0 Å². The van der Waals surface area contributed by atoms with Crippen LogP contribution in [-0.4, -0.2) is 40.4 Å². The van der Waals surface area contributed by atoms with Crippen molar-refractivity contribution in [2.75, 3.05) is 6.54 Å². The largest absolute Gasteiger partial charge is 0.508 e. The summed E-state index contributed by atoms with van der Waals surface area (Å²) in [5, 5.41) is 12.6. The van der Waals surface area contributed by atoms with Crippen molar-refractivity contribution in [3.05, 3.63) is 29.8 Å². The molecule has 1 aromatic carbocycles. The van der Waals surface area contributed by atoms with Crippen molar-refractivity contribution in [1.82, 2.24) is 10.2 Å². The van der Waals surface area contributed by atoms with Crippen LogP contribution in [0.15, 0.2) is 24.3 Å². The molecule has 2 amide bonds. The zero-order valence-corrected chi connectivity index (χ0v) is 12.1. The lowest BCUT2D eigenvalue weighted by atomic mass is 10.1. The molecule has 2 N–H and O–H groups in total. The van der Waals surface area contributed by atoms with Gasteiger partial charge in [-0.05, 0) is 18.4 Å². The molecule has 5 heteroatoms. The second-order valence-corrected chi connectivity index (χ2v) is 6.10. The van der Waals surface area contributed by atoms with Crippen molar-refractivity contribution in [1.29, 1.82) is 0 Å². The van der Waals surface area contributed by atoms with Crippen molar-refractivity contribution in [2.24, 2.45) is 5.92 Å². The topological polar surface area (TPSA) is 69.6 Å². The average Bonchev–Trinajstić information content (AvgIpc) is 3.04. The van der Waals surface area contributed by atoms with Gasteiger partial charge in [-0.2, -0.15) is 0 Å². The number of likely N-dealkylation sites (tertiary alicyclic amines) is 1. The summed E-state index contributed by atoms with van der Waals surface area (Å²) >= 11 is 0. The molecular formula is C16H20N2O3. The molecule has 0 spiro atoms. The van der Waals surface area contributed by atoms with Gasteiger partial charge in [-0.15, -0.1) is 0 Å². The quantitative estimate of drug-likeness (QED) is 0.870. The van der Waals surface area contributed by atoms with Crippen LogP contribution < -0.4 is 5.32 Å². The van der Waals surface area contributed by atoms with Crippen LogP contribution in [0.4, 0.5) is 0 Å². The third-order valence-electron chi connectivity index (χ3n) is 4.33. The van der Waals surface area contributed by atoms with Gasteiger partial charge in [-0.1, -0.05) is 25.1 Å². The number of hydrogen-bond acceptors (Lipinski definition) is 3. The lowest BCUT2D eigenvalue weighted by Crippen LogP contribution is -2.38. The third kappa shape index (κ3) is 3.01. The molecule has 21 heavy (non-hydrogen) atoms. The highest BCUT2D eigenvalue weighted by atomic mass is 16.3. The number of rotatable bonds is 4. The fourth-order valence-electron chi connectivity index (χ4n) is 3.00. The highest BCUT2D eigenvalue weighted by Crippen LogP contribution is 2.37. The molecular weight excluding hydrogens is 268 g/mol. The van der Waals surface area contributed by atoms with E-state index in [-0.39, 0.29) is 30.0 Å². The van der Waals surface area contributed by atoms with E-state index in [1.165, 1.54) is 0 Å². The summed E-state index contributed by atoms with van der Waals surface area (Å²) in [5.74, 6) is 0.699. The van der Waals surface area contributed by atoms with Gasteiger partial charge in [0, 0.05) is 24.6 Å². The van der Waals surface area contributed by atoms with Gasteiger partial charge in [-0.3, -0.25) is 9.59 Å². The Kier molecular flexibility index (Phi) is 3.57. The predicted octanol–water partition coefficient (Wildman–Crippen LogP) is 1.06. The molecule has 0 aromatic heterocycles. The number of nitrogens with one attached hydrogen (secondary N) is 1. The van der Waals surface area contributed by atoms with Crippen molar-refractivity contribution in [2.45, 2.75) is 38.3 Å². The Morgan fingerprint density at radius 3 is 2.81 bits per heavy atom. The fourth-order valence-corrected chi connectivity index (χ4v) is 3.00. The Labute approximate surface area is 123 Å². The van der Waals surface area contributed by atoms with Crippen LogP contribution in [0, 0.1) is 5.92 Å². The number of carbonyl (C=O) groups excluding carboxylic acids is 2. The normalized spacial score (nSPS) is 27.8. The summed E-state index contributed by atoms with van der Waals surface area (Å²) in [6.45, 7) is 2.75. The van der Waals surface area contributed by atoms with E-state index in [2.05, 4.69) is 12.2 Å². The van der Waals surface area contributed by atoms with Crippen LogP contribution in [0.25, 0.3) is 0 Å². The van der Waals surface area contributed by atoms with E-state index in [0.717, 1.165) is 6.42 Å². The maximum Gasteiger partial charge on any atom is 0.225 e. The zero-order valence-electron chi connectivity index (χ0n) is 12.1. The highest BCUT2D eigenvalue weighted by molar-refractivity contribution is 5.83. The predicted molar refractivity (Wildman–Crippen MR) is 77.6 cm³/mol.